The Morgan fingerprint density at radius 1 is 1.19 bits per heavy atom. The third kappa shape index (κ3) is 2.90. The Hall–Kier alpha value is -1.20. The van der Waals surface area contributed by atoms with Crippen LogP contribution in [0.15, 0.2) is 33.2 Å². The molecule has 5 heteroatoms. The molecule has 0 radical (unpaired) electrons. The summed E-state index contributed by atoms with van der Waals surface area (Å²) in [4.78, 5) is 0. The van der Waals surface area contributed by atoms with Crippen LogP contribution >= 0.6 is 15.9 Å². The minimum Gasteiger partial charge on any atom is -0.424 e. The van der Waals surface area contributed by atoms with Crippen LogP contribution in [0.1, 0.15) is 17.3 Å². The summed E-state index contributed by atoms with van der Waals surface area (Å²) in [5.41, 5.74) is 1.16. The molecule has 0 unspecified atom stereocenters. The molecule has 0 atom stereocenters. The zero-order chi connectivity index (χ0) is 11.4. The first-order valence-electron chi connectivity index (χ1n) is 4.98. The number of hydrogen-bond donors (Lipinski definition) is 1. The Bertz CT molecular complexity index is 453. The standard InChI is InChI=1S/C11H12BrN3O/c1-13-7-11-15-14-10(16-11)6-8-2-4-9(12)5-3-8/h2-5,13H,6-7H2,1H3. The molecule has 0 spiro atoms. The summed E-state index contributed by atoms with van der Waals surface area (Å²) in [5, 5.41) is 10.9. The minimum atomic E-state index is 0.605. The van der Waals surface area contributed by atoms with Crippen LogP contribution in [0.2, 0.25) is 0 Å². The third-order valence-electron chi connectivity index (χ3n) is 2.11. The average molecular weight is 282 g/mol. The van der Waals surface area contributed by atoms with Crippen molar-refractivity contribution < 1.29 is 4.42 Å². The maximum atomic E-state index is 5.46. The van der Waals surface area contributed by atoms with E-state index in [1.165, 1.54) is 0 Å². The lowest BCUT2D eigenvalue weighted by Crippen LogP contribution is -2.04. The summed E-state index contributed by atoms with van der Waals surface area (Å²) >= 11 is 3.40. The zero-order valence-electron chi connectivity index (χ0n) is 8.90. The maximum absolute atomic E-state index is 5.46. The normalized spacial score (nSPS) is 10.6. The van der Waals surface area contributed by atoms with E-state index < -0.39 is 0 Å². The van der Waals surface area contributed by atoms with Crippen LogP contribution in [0.4, 0.5) is 0 Å². The van der Waals surface area contributed by atoms with E-state index in [0.717, 1.165) is 10.0 Å². The monoisotopic (exact) mass is 281 g/mol. The van der Waals surface area contributed by atoms with Gasteiger partial charge in [-0.15, -0.1) is 10.2 Å². The van der Waals surface area contributed by atoms with Crippen LogP contribution in [0.5, 0.6) is 0 Å². The highest BCUT2D eigenvalue weighted by Crippen LogP contribution is 2.13. The van der Waals surface area contributed by atoms with Gasteiger partial charge in [0.25, 0.3) is 0 Å². The first kappa shape index (κ1) is 11.3. The van der Waals surface area contributed by atoms with Crippen molar-refractivity contribution >= 4 is 15.9 Å². The fourth-order valence-corrected chi connectivity index (χ4v) is 1.62. The first-order valence-corrected chi connectivity index (χ1v) is 5.77. The number of rotatable bonds is 4. The summed E-state index contributed by atoms with van der Waals surface area (Å²) in [6, 6.07) is 8.07. The number of nitrogens with one attached hydrogen (secondary N) is 1. The second-order valence-electron chi connectivity index (χ2n) is 3.42. The number of nitrogens with zero attached hydrogens (tertiary/aromatic N) is 2. The molecule has 2 rings (SSSR count). The molecule has 16 heavy (non-hydrogen) atoms. The third-order valence-corrected chi connectivity index (χ3v) is 2.63. The summed E-state index contributed by atoms with van der Waals surface area (Å²) in [5.74, 6) is 1.27. The Kier molecular flexibility index (Phi) is 3.69. The van der Waals surface area contributed by atoms with Crippen molar-refractivity contribution in [3.63, 3.8) is 0 Å². The van der Waals surface area contributed by atoms with Crippen molar-refractivity contribution in [2.75, 3.05) is 7.05 Å². The van der Waals surface area contributed by atoms with Gasteiger partial charge in [-0.2, -0.15) is 0 Å². The molecule has 0 aliphatic carbocycles. The Morgan fingerprint density at radius 3 is 2.56 bits per heavy atom. The lowest BCUT2D eigenvalue weighted by molar-refractivity contribution is 0.447. The van der Waals surface area contributed by atoms with E-state index in [4.69, 9.17) is 4.42 Å². The van der Waals surface area contributed by atoms with Crippen molar-refractivity contribution in [1.82, 2.24) is 15.5 Å². The molecule has 0 saturated carbocycles. The highest BCUT2D eigenvalue weighted by atomic mass is 79.9. The molecule has 0 aliphatic heterocycles. The van der Waals surface area contributed by atoms with Gasteiger partial charge in [0.2, 0.25) is 11.8 Å². The molecular formula is C11H12BrN3O. The number of benzene rings is 1. The van der Waals surface area contributed by atoms with E-state index in [1.54, 1.807) is 0 Å². The molecule has 1 N–H and O–H groups in total. The first-order chi connectivity index (χ1) is 7.78. The van der Waals surface area contributed by atoms with Gasteiger partial charge < -0.3 is 9.73 Å². The zero-order valence-corrected chi connectivity index (χ0v) is 10.5. The van der Waals surface area contributed by atoms with Crippen LogP contribution in [-0.4, -0.2) is 17.2 Å². The molecule has 0 saturated heterocycles. The van der Waals surface area contributed by atoms with Crippen LogP contribution in [0.25, 0.3) is 0 Å². The van der Waals surface area contributed by atoms with E-state index >= 15 is 0 Å². The quantitative estimate of drug-likeness (QED) is 0.933. The molecule has 1 heterocycles. The van der Waals surface area contributed by atoms with E-state index in [9.17, 15) is 0 Å². The minimum absolute atomic E-state index is 0.605. The largest absolute Gasteiger partial charge is 0.424 e. The topological polar surface area (TPSA) is 51.0 Å². The summed E-state index contributed by atoms with van der Waals surface area (Å²) < 4.78 is 6.53. The van der Waals surface area contributed by atoms with Gasteiger partial charge >= 0.3 is 0 Å². The SMILES string of the molecule is CNCc1nnc(Cc2ccc(Br)cc2)o1. The summed E-state index contributed by atoms with van der Waals surface area (Å²) in [7, 11) is 1.85. The van der Waals surface area contributed by atoms with Gasteiger partial charge in [-0.05, 0) is 24.7 Å². The van der Waals surface area contributed by atoms with Gasteiger partial charge in [-0.1, -0.05) is 28.1 Å². The summed E-state index contributed by atoms with van der Waals surface area (Å²) in [6.45, 7) is 0.605. The van der Waals surface area contributed by atoms with E-state index in [0.29, 0.717) is 24.7 Å². The molecule has 0 bridgehead atoms. The highest BCUT2D eigenvalue weighted by molar-refractivity contribution is 9.10. The predicted molar refractivity (Wildman–Crippen MR) is 64.0 cm³/mol. The van der Waals surface area contributed by atoms with Gasteiger partial charge in [0.05, 0.1) is 13.0 Å². The van der Waals surface area contributed by atoms with Crippen molar-refractivity contribution in [2.24, 2.45) is 0 Å². The molecule has 1 aromatic carbocycles. The van der Waals surface area contributed by atoms with E-state index in [2.05, 4.69) is 31.4 Å². The second kappa shape index (κ2) is 5.23. The number of halogens is 1. The molecule has 4 nitrogen and oxygen atoms in total. The molecule has 1 aromatic heterocycles. The average Bonchev–Trinajstić information content (AvgIpc) is 2.70. The highest BCUT2D eigenvalue weighted by Gasteiger charge is 2.05. The van der Waals surface area contributed by atoms with Gasteiger partial charge in [0.1, 0.15) is 0 Å². The molecule has 0 fully saturated rings. The van der Waals surface area contributed by atoms with Crippen molar-refractivity contribution in [1.29, 1.82) is 0 Å². The fraction of sp³-hybridized carbons (Fsp3) is 0.273. The van der Waals surface area contributed by atoms with Crippen LogP contribution < -0.4 is 5.32 Å². The molecule has 2 aromatic rings. The van der Waals surface area contributed by atoms with E-state index in [1.807, 2.05) is 31.3 Å². The van der Waals surface area contributed by atoms with Gasteiger partial charge in [0, 0.05) is 4.47 Å². The molecule has 84 valence electrons. The lowest BCUT2D eigenvalue weighted by Gasteiger charge is -1.96. The number of hydrogen-bond acceptors (Lipinski definition) is 4. The Labute approximate surface area is 102 Å². The summed E-state index contributed by atoms with van der Waals surface area (Å²) in [6.07, 6.45) is 0.671. The number of aromatic nitrogens is 2. The van der Waals surface area contributed by atoms with Crippen molar-refractivity contribution in [3.05, 3.63) is 46.1 Å². The molecule has 0 amide bonds. The van der Waals surface area contributed by atoms with Gasteiger partial charge in [-0.25, -0.2) is 0 Å². The molecule has 0 aliphatic rings. The second-order valence-corrected chi connectivity index (χ2v) is 4.34. The van der Waals surface area contributed by atoms with Crippen LogP contribution in [-0.2, 0) is 13.0 Å². The van der Waals surface area contributed by atoms with Crippen molar-refractivity contribution in [2.45, 2.75) is 13.0 Å². The fourth-order valence-electron chi connectivity index (χ4n) is 1.36. The van der Waals surface area contributed by atoms with Crippen molar-refractivity contribution in [3.8, 4) is 0 Å². The molecular weight excluding hydrogens is 270 g/mol. The lowest BCUT2D eigenvalue weighted by atomic mass is 10.1. The van der Waals surface area contributed by atoms with Gasteiger partial charge in [-0.3, -0.25) is 0 Å². The maximum Gasteiger partial charge on any atom is 0.230 e. The smallest absolute Gasteiger partial charge is 0.230 e. The Balaban J connectivity index is 2.05. The Morgan fingerprint density at radius 2 is 1.88 bits per heavy atom. The van der Waals surface area contributed by atoms with Crippen LogP contribution in [0, 0.1) is 0 Å². The van der Waals surface area contributed by atoms with Crippen LogP contribution in [0.3, 0.4) is 0 Å². The van der Waals surface area contributed by atoms with Gasteiger partial charge in [0.15, 0.2) is 0 Å². The van der Waals surface area contributed by atoms with E-state index in [-0.39, 0.29) is 0 Å². The predicted octanol–water partition coefficient (Wildman–Crippen LogP) is 2.14.